The van der Waals surface area contributed by atoms with E-state index in [1.165, 1.54) is 36.1 Å². The third-order valence-electron chi connectivity index (χ3n) is 8.92. The highest BCUT2D eigenvalue weighted by atomic mass is 35.5. The molecule has 4 nitrogen and oxygen atoms in total. The van der Waals surface area contributed by atoms with Gasteiger partial charge >= 0.3 is 5.97 Å². The van der Waals surface area contributed by atoms with E-state index in [0.717, 1.165) is 45.6 Å². The standard InChI is InChI=1S/C27H38N2O2.ClH/c1-18-7-5-9-24(20(18)3)29-13-11-28(12-14-29)17-22-21-15-23-19(2)8-6-10-27(23,4)16-25(21)31-26(22)30;/h5,7,9,21-22,25H,6,8,10-17H2,1-4H3;1H/t21-,22?,25-,27-;/m1./s1. The molecule has 3 fully saturated rings. The molecule has 0 amide bonds. The van der Waals surface area contributed by atoms with Gasteiger partial charge in [-0.25, -0.2) is 0 Å². The molecule has 1 saturated carbocycles. The summed E-state index contributed by atoms with van der Waals surface area (Å²) in [6, 6.07) is 6.60. The van der Waals surface area contributed by atoms with Gasteiger partial charge in [-0.2, -0.15) is 0 Å². The van der Waals surface area contributed by atoms with Crippen LogP contribution < -0.4 is 4.90 Å². The Morgan fingerprint density at radius 2 is 1.88 bits per heavy atom. The van der Waals surface area contributed by atoms with Gasteiger partial charge in [0.05, 0.1) is 5.92 Å². The second-order valence-corrected chi connectivity index (χ2v) is 10.8. The van der Waals surface area contributed by atoms with E-state index in [9.17, 15) is 4.79 Å². The molecule has 4 aliphatic rings. The first-order chi connectivity index (χ1) is 14.9. The second kappa shape index (κ2) is 9.02. The van der Waals surface area contributed by atoms with E-state index < -0.39 is 0 Å². The Morgan fingerprint density at radius 1 is 1.12 bits per heavy atom. The van der Waals surface area contributed by atoms with Crippen LogP contribution in [0, 0.1) is 31.1 Å². The van der Waals surface area contributed by atoms with Crippen molar-refractivity contribution in [3.8, 4) is 0 Å². The Morgan fingerprint density at radius 3 is 2.62 bits per heavy atom. The summed E-state index contributed by atoms with van der Waals surface area (Å²) in [5, 5.41) is 0. The van der Waals surface area contributed by atoms with Gasteiger partial charge in [0.25, 0.3) is 0 Å². The molecule has 4 atom stereocenters. The number of hydrogen-bond donors (Lipinski definition) is 0. The van der Waals surface area contributed by atoms with Crippen LogP contribution in [0.1, 0.15) is 57.1 Å². The summed E-state index contributed by atoms with van der Waals surface area (Å²) in [6.45, 7) is 14.1. The Labute approximate surface area is 199 Å². The lowest BCUT2D eigenvalue weighted by Crippen LogP contribution is -2.49. The Bertz CT molecular complexity index is 905. The normalized spacial score (nSPS) is 32.8. The molecule has 5 heteroatoms. The van der Waals surface area contributed by atoms with Gasteiger partial charge in [-0.05, 0) is 75.5 Å². The highest BCUT2D eigenvalue weighted by Gasteiger charge is 2.53. The van der Waals surface area contributed by atoms with Gasteiger partial charge < -0.3 is 9.64 Å². The Hall–Kier alpha value is -1.52. The molecule has 0 radical (unpaired) electrons. The molecular weight excluding hydrogens is 420 g/mol. The van der Waals surface area contributed by atoms with E-state index in [1.54, 1.807) is 11.1 Å². The molecule has 2 heterocycles. The van der Waals surface area contributed by atoms with Crippen LogP contribution in [0.3, 0.4) is 0 Å². The molecule has 0 N–H and O–H groups in total. The fourth-order valence-corrected chi connectivity index (χ4v) is 6.85. The average molecular weight is 459 g/mol. The number of aryl methyl sites for hydroxylation is 1. The van der Waals surface area contributed by atoms with Crippen molar-refractivity contribution in [1.29, 1.82) is 0 Å². The number of fused-ring (bicyclic) bond motifs is 2. The van der Waals surface area contributed by atoms with Gasteiger partial charge in [-0.1, -0.05) is 30.2 Å². The minimum absolute atomic E-state index is 0. The first-order valence-corrected chi connectivity index (χ1v) is 12.3. The molecule has 1 unspecified atom stereocenters. The molecule has 0 aromatic heterocycles. The minimum Gasteiger partial charge on any atom is -0.462 e. The van der Waals surface area contributed by atoms with E-state index in [0.29, 0.717) is 5.92 Å². The highest BCUT2D eigenvalue weighted by Crippen LogP contribution is 2.55. The number of esters is 1. The lowest BCUT2D eigenvalue weighted by atomic mass is 9.59. The van der Waals surface area contributed by atoms with Gasteiger partial charge in [-0.15, -0.1) is 12.4 Å². The largest absolute Gasteiger partial charge is 0.462 e. The molecule has 1 aromatic rings. The first-order valence-electron chi connectivity index (χ1n) is 12.3. The van der Waals surface area contributed by atoms with Crippen molar-refractivity contribution in [2.45, 2.75) is 65.9 Å². The maximum atomic E-state index is 12.9. The number of piperazine rings is 1. The summed E-state index contributed by atoms with van der Waals surface area (Å²) < 4.78 is 5.99. The number of rotatable bonds is 3. The zero-order valence-corrected chi connectivity index (χ0v) is 21.0. The fourth-order valence-electron chi connectivity index (χ4n) is 6.85. The number of hydrogen-bond acceptors (Lipinski definition) is 4. The maximum Gasteiger partial charge on any atom is 0.310 e. The number of carbonyl (C=O) groups excluding carboxylic acids is 1. The molecule has 2 aliphatic carbocycles. The summed E-state index contributed by atoms with van der Waals surface area (Å²) in [5.41, 5.74) is 7.62. The topological polar surface area (TPSA) is 32.8 Å². The van der Waals surface area contributed by atoms with E-state index in [2.05, 4.69) is 55.7 Å². The average Bonchev–Trinajstić information content (AvgIpc) is 3.03. The zero-order chi connectivity index (χ0) is 21.8. The van der Waals surface area contributed by atoms with E-state index >= 15 is 0 Å². The van der Waals surface area contributed by atoms with E-state index in [4.69, 9.17) is 4.74 Å². The van der Waals surface area contributed by atoms with Crippen molar-refractivity contribution < 1.29 is 9.53 Å². The molecule has 2 aliphatic heterocycles. The van der Waals surface area contributed by atoms with Crippen molar-refractivity contribution in [2.24, 2.45) is 17.3 Å². The van der Waals surface area contributed by atoms with Crippen molar-refractivity contribution in [3.05, 3.63) is 40.5 Å². The van der Waals surface area contributed by atoms with Crippen LogP contribution in [0.25, 0.3) is 0 Å². The van der Waals surface area contributed by atoms with Crippen molar-refractivity contribution in [3.63, 3.8) is 0 Å². The summed E-state index contributed by atoms with van der Waals surface area (Å²) in [4.78, 5) is 17.9. The molecule has 5 rings (SSSR count). The maximum absolute atomic E-state index is 12.9. The van der Waals surface area contributed by atoms with Crippen LogP contribution in [0.4, 0.5) is 5.69 Å². The predicted molar refractivity (Wildman–Crippen MR) is 133 cm³/mol. The van der Waals surface area contributed by atoms with Gasteiger partial charge in [0.2, 0.25) is 0 Å². The number of carbonyl (C=O) groups is 1. The smallest absolute Gasteiger partial charge is 0.310 e. The lowest BCUT2D eigenvalue weighted by Gasteiger charge is -2.46. The lowest BCUT2D eigenvalue weighted by molar-refractivity contribution is -0.145. The number of nitrogens with zero attached hydrogens (tertiary/aromatic N) is 2. The predicted octanol–water partition coefficient (Wildman–Crippen LogP) is 5.31. The van der Waals surface area contributed by atoms with Gasteiger partial charge in [0, 0.05) is 44.3 Å². The summed E-state index contributed by atoms with van der Waals surface area (Å²) >= 11 is 0. The van der Waals surface area contributed by atoms with Gasteiger partial charge in [0.15, 0.2) is 0 Å². The zero-order valence-electron chi connectivity index (χ0n) is 20.2. The summed E-state index contributed by atoms with van der Waals surface area (Å²) in [6.07, 6.45) is 6.02. The Balaban J connectivity index is 0.00000245. The van der Waals surface area contributed by atoms with E-state index in [-0.39, 0.29) is 35.8 Å². The number of allylic oxidation sites excluding steroid dienone is 2. The monoisotopic (exact) mass is 458 g/mol. The first kappa shape index (κ1) is 23.6. The van der Waals surface area contributed by atoms with E-state index in [1.807, 2.05) is 0 Å². The van der Waals surface area contributed by atoms with Crippen molar-refractivity contribution >= 4 is 24.1 Å². The van der Waals surface area contributed by atoms with Crippen molar-refractivity contribution in [1.82, 2.24) is 4.90 Å². The van der Waals surface area contributed by atoms with Crippen LogP contribution >= 0.6 is 12.4 Å². The van der Waals surface area contributed by atoms with Crippen LogP contribution in [0.5, 0.6) is 0 Å². The molecule has 176 valence electrons. The summed E-state index contributed by atoms with van der Waals surface area (Å²) in [5.74, 6) is 0.483. The molecule has 32 heavy (non-hydrogen) atoms. The van der Waals surface area contributed by atoms with Crippen LogP contribution in [0.15, 0.2) is 29.3 Å². The molecule has 0 bridgehead atoms. The molecule has 1 aromatic carbocycles. The summed E-state index contributed by atoms with van der Waals surface area (Å²) in [7, 11) is 0. The van der Waals surface area contributed by atoms with Gasteiger partial charge in [0.1, 0.15) is 6.10 Å². The van der Waals surface area contributed by atoms with Crippen LogP contribution in [-0.2, 0) is 9.53 Å². The second-order valence-electron chi connectivity index (χ2n) is 10.8. The molecular formula is C27H39ClN2O2. The quantitative estimate of drug-likeness (QED) is 0.454. The molecule has 2 saturated heterocycles. The number of halogens is 1. The van der Waals surface area contributed by atoms with Gasteiger partial charge in [-0.3, -0.25) is 9.69 Å². The Kier molecular flexibility index (Phi) is 6.66. The van der Waals surface area contributed by atoms with Crippen LogP contribution in [0.2, 0.25) is 0 Å². The third kappa shape index (κ3) is 4.09. The van der Waals surface area contributed by atoms with Crippen LogP contribution in [-0.4, -0.2) is 49.7 Å². The van der Waals surface area contributed by atoms with Crippen molar-refractivity contribution in [2.75, 3.05) is 37.6 Å². The number of anilines is 1. The molecule has 0 spiro atoms. The number of ether oxygens (including phenoxy) is 1. The highest BCUT2D eigenvalue weighted by molar-refractivity contribution is 5.85. The SMILES string of the molecule is CC1=C2C[C@@H]3C(CN4CCN(c5cccc(C)c5C)CC4)C(=O)O[C@@H]3C[C@@]2(C)CCC1.Cl. The minimum atomic E-state index is 0. The fraction of sp³-hybridized carbons (Fsp3) is 0.667. The third-order valence-corrected chi connectivity index (χ3v) is 8.92. The number of benzene rings is 1.